The first kappa shape index (κ1) is 25.8. The maximum atomic E-state index is 13.1. The van der Waals surface area contributed by atoms with Gasteiger partial charge >= 0.3 is 18.3 Å². The fourth-order valence-electron chi connectivity index (χ4n) is 3.72. The highest BCUT2D eigenvalue weighted by atomic mass is 19.4. The van der Waals surface area contributed by atoms with Crippen LogP contribution in [0.3, 0.4) is 0 Å². The number of carbonyl (C=O) groups is 2. The van der Waals surface area contributed by atoms with E-state index < -0.39 is 59.3 Å². The standard InChI is InChI=1S/C25H19F6NO3/c26-24(27,28)18-11-15(12-19(14-18)25(29,30)31)13-20(33)32-22(23(34)35)21(16-7-3-1-4-8-16)17-9-5-2-6-10-17/h1-12,14,21-22H,13H2,(H,32,33)(H,34,35)/t22-/m0/s1. The van der Waals surface area contributed by atoms with Crippen molar-refractivity contribution in [1.82, 2.24) is 5.32 Å². The van der Waals surface area contributed by atoms with E-state index in [1.165, 1.54) is 0 Å². The molecular weight excluding hydrogens is 476 g/mol. The van der Waals surface area contributed by atoms with Crippen molar-refractivity contribution in [2.45, 2.75) is 30.7 Å². The summed E-state index contributed by atoms with van der Waals surface area (Å²) in [6, 6.07) is 16.0. The molecule has 0 radical (unpaired) electrons. The van der Waals surface area contributed by atoms with Crippen molar-refractivity contribution < 1.29 is 41.0 Å². The average Bonchev–Trinajstić information content (AvgIpc) is 2.78. The van der Waals surface area contributed by atoms with Gasteiger partial charge < -0.3 is 10.4 Å². The van der Waals surface area contributed by atoms with E-state index in [1.54, 1.807) is 60.7 Å². The van der Waals surface area contributed by atoms with Gasteiger partial charge in [0.1, 0.15) is 6.04 Å². The van der Waals surface area contributed by atoms with Crippen molar-refractivity contribution in [3.05, 3.63) is 107 Å². The van der Waals surface area contributed by atoms with Gasteiger partial charge in [0.05, 0.1) is 17.5 Å². The van der Waals surface area contributed by atoms with Crippen molar-refractivity contribution in [2.24, 2.45) is 0 Å². The van der Waals surface area contributed by atoms with Gasteiger partial charge in [-0.2, -0.15) is 26.3 Å². The first-order valence-corrected chi connectivity index (χ1v) is 10.3. The molecule has 1 amide bonds. The number of alkyl halides is 6. The SMILES string of the molecule is O=C(Cc1cc(C(F)(F)F)cc(C(F)(F)F)c1)N[C@H](C(=O)O)C(c1ccccc1)c1ccccc1. The van der Waals surface area contributed by atoms with Crippen LogP contribution >= 0.6 is 0 Å². The zero-order valence-electron chi connectivity index (χ0n) is 17.9. The van der Waals surface area contributed by atoms with Crippen LogP contribution in [0.5, 0.6) is 0 Å². The normalized spacial score (nSPS) is 12.9. The van der Waals surface area contributed by atoms with Crippen LogP contribution in [0.2, 0.25) is 0 Å². The molecule has 0 aliphatic carbocycles. The van der Waals surface area contributed by atoms with E-state index in [9.17, 15) is 41.0 Å². The van der Waals surface area contributed by atoms with Gasteiger partial charge in [-0.25, -0.2) is 4.79 Å². The highest BCUT2D eigenvalue weighted by Gasteiger charge is 2.37. The molecular formula is C25H19F6NO3. The van der Waals surface area contributed by atoms with E-state index in [4.69, 9.17) is 0 Å². The quantitative estimate of drug-likeness (QED) is 0.416. The Bertz CT molecular complexity index is 1110. The van der Waals surface area contributed by atoms with E-state index in [0.29, 0.717) is 23.3 Å². The summed E-state index contributed by atoms with van der Waals surface area (Å²) in [7, 11) is 0. The number of benzene rings is 3. The lowest BCUT2D eigenvalue weighted by atomic mass is 9.85. The van der Waals surface area contributed by atoms with Gasteiger partial charge in [0.25, 0.3) is 0 Å². The Balaban J connectivity index is 1.94. The highest BCUT2D eigenvalue weighted by Crippen LogP contribution is 2.36. The highest BCUT2D eigenvalue weighted by molar-refractivity contribution is 5.86. The number of carboxylic acid groups (broad SMARTS) is 1. The first-order valence-electron chi connectivity index (χ1n) is 10.3. The summed E-state index contributed by atoms with van der Waals surface area (Å²) in [5.74, 6) is -3.33. The van der Waals surface area contributed by atoms with Crippen molar-refractivity contribution in [3.63, 3.8) is 0 Å². The average molecular weight is 495 g/mol. The van der Waals surface area contributed by atoms with Crippen molar-refractivity contribution in [3.8, 4) is 0 Å². The van der Waals surface area contributed by atoms with Gasteiger partial charge in [-0.3, -0.25) is 4.79 Å². The number of carbonyl (C=O) groups excluding carboxylic acids is 1. The molecule has 35 heavy (non-hydrogen) atoms. The second-order valence-electron chi connectivity index (χ2n) is 7.77. The molecule has 10 heteroatoms. The second kappa shape index (κ2) is 10.2. The third kappa shape index (κ3) is 6.62. The minimum absolute atomic E-state index is 0.0394. The van der Waals surface area contributed by atoms with Crippen molar-refractivity contribution in [2.75, 3.05) is 0 Å². The number of rotatable bonds is 7. The third-order valence-electron chi connectivity index (χ3n) is 5.25. The van der Waals surface area contributed by atoms with E-state index >= 15 is 0 Å². The number of halogens is 6. The van der Waals surface area contributed by atoms with Gasteiger partial charge in [0, 0.05) is 5.92 Å². The molecule has 184 valence electrons. The molecule has 4 nitrogen and oxygen atoms in total. The minimum atomic E-state index is -5.07. The van der Waals surface area contributed by atoms with Crippen LogP contribution in [0.4, 0.5) is 26.3 Å². The molecule has 3 rings (SSSR count). The maximum absolute atomic E-state index is 13.1. The number of aliphatic carboxylic acids is 1. The summed E-state index contributed by atoms with van der Waals surface area (Å²) in [4.78, 5) is 24.8. The topological polar surface area (TPSA) is 66.4 Å². The summed E-state index contributed by atoms with van der Waals surface area (Å²) >= 11 is 0. The second-order valence-corrected chi connectivity index (χ2v) is 7.77. The molecule has 0 aromatic heterocycles. The van der Waals surface area contributed by atoms with Crippen LogP contribution < -0.4 is 5.32 Å². The van der Waals surface area contributed by atoms with Crippen LogP contribution in [0, 0.1) is 0 Å². The van der Waals surface area contributed by atoms with E-state index in [2.05, 4.69) is 5.32 Å². The lowest BCUT2D eigenvalue weighted by molar-refractivity contribution is -0.143. The van der Waals surface area contributed by atoms with Gasteiger partial charge in [-0.1, -0.05) is 60.7 Å². The molecule has 0 bridgehead atoms. The third-order valence-corrected chi connectivity index (χ3v) is 5.25. The predicted octanol–water partition coefficient (Wildman–Crippen LogP) is 5.67. The molecule has 0 unspecified atom stereocenters. The molecule has 0 fully saturated rings. The summed E-state index contributed by atoms with van der Waals surface area (Å²) in [5, 5.41) is 12.1. The van der Waals surface area contributed by atoms with Crippen molar-refractivity contribution in [1.29, 1.82) is 0 Å². The number of hydrogen-bond acceptors (Lipinski definition) is 2. The van der Waals surface area contributed by atoms with Crippen molar-refractivity contribution >= 4 is 11.9 Å². The largest absolute Gasteiger partial charge is 0.480 e. The number of carboxylic acids is 1. The zero-order chi connectivity index (χ0) is 25.8. The van der Waals surface area contributed by atoms with Gasteiger partial charge in [0.2, 0.25) is 5.91 Å². The molecule has 0 aliphatic rings. The van der Waals surface area contributed by atoms with Crippen LogP contribution in [-0.4, -0.2) is 23.0 Å². The van der Waals surface area contributed by atoms with Gasteiger partial charge in [-0.05, 0) is 34.9 Å². The number of hydrogen-bond donors (Lipinski definition) is 2. The molecule has 3 aromatic carbocycles. The van der Waals surface area contributed by atoms with E-state index in [0.717, 1.165) is 0 Å². The zero-order valence-corrected chi connectivity index (χ0v) is 17.9. The molecule has 0 spiro atoms. The molecule has 0 heterocycles. The monoisotopic (exact) mass is 495 g/mol. The Hall–Kier alpha value is -3.82. The summed E-state index contributed by atoms with van der Waals surface area (Å²) in [6.45, 7) is 0. The summed E-state index contributed by atoms with van der Waals surface area (Å²) in [6.07, 6.45) is -11.0. The lowest BCUT2D eigenvalue weighted by Gasteiger charge is -2.26. The van der Waals surface area contributed by atoms with Crippen LogP contribution in [-0.2, 0) is 28.4 Å². The van der Waals surface area contributed by atoms with Crippen LogP contribution in [0.1, 0.15) is 33.7 Å². The van der Waals surface area contributed by atoms with E-state index in [-0.39, 0.29) is 6.07 Å². The summed E-state index contributed by atoms with van der Waals surface area (Å²) in [5.41, 5.74) is -2.58. The first-order chi connectivity index (χ1) is 16.4. The number of nitrogens with one attached hydrogen (secondary N) is 1. The Kier molecular flexibility index (Phi) is 7.52. The fourth-order valence-corrected chi connectivity index (χ4v) is 3.72. The summed E-state index contributed by atoms with van der Waals surface area (Å²) < 4.78 is 78.8. The maximum Gasteiger partial charge on any atom is 0.416 e. The Morgan fingerprint density at radius 3 is 1.54 bits per heavy atom. The molecule has 3 aromatic rings. The predicted molar refractivity (Wildman–Crippen MR) is 114 cm³/mol. The molecule has 0 aliphatic heterocycles. The van der Waals surface area contributed by atoms with E-state index in [1.807, 2.05) is 0 Å². The molecule has 0 saturated carbocycles. The van der Waals surface area contributed by atoms with Crippen LogP contribution in [0.25, 0.3) is 0 Å². The fraction of sp³-hybridized carbons (Fsp3) is 0.200. The number of amides is 1. The van der Waals surface area contributed by atoms with Crippen LogP contribution in [0.15, 0.2) is 78.9 Å². The Labute approximate surface area is 196 Å². The molecule has 0 saturated heterocycles. The lowest BCUT2D eigenvalue weighted by Crippen LogP contribution is -2.46. The minimum Gasteiger partial charge on any atom is -0.480 e. The van der Waals surface area contributed by atoms with Gasteiger partial charge in [-0.15, -0.1) is 0 Å². The molecule has 2 N–H and O–H groups in total. The van der Waals surface area contributed by atoms with Gasteiger partial charge in [0.15, 0.2) is 0 Å². The smallest absolute Gasteiger partial charge is 0.416 e. The molecule has 1 atom stereocenters. The Morgan fingerprint density at radius 1 is 0.743 bits per heavy atom. The Morgan fingerprint density at radius 2 is 1.17 bits per heavy atom.